The minimum Gasteiger partial charge on any atom is -0.494 e. The lowest BCUT2D eigenvalue weighted by Crippen LogP contribution is -2.42. The highest BCUT2D eigenvalue weighted by Crippen LogP contribution is 2.18. The Morgan fingerprint density at radius 2 is 2.05 bits per heavy atom. The molecular weight excluding hydrogens is 277 g/mol. The summed E-state index contributed by atoms with van der Waals surface area (Å²) in [5.41, 5.74) is 0.458. The van der Waals surface area contributed by atoms with Gasteiger partial charge in [-0.1, -0.05) is 19.9 Å². The number of amides is 1. The number of benzene rings is 1. The molecule has 2 N–H and O–H groups in total. The maximum atomic E-state index is 13.5. The van der Waals surface area contributed by atoms with Crippen LogP contribution in [0.2, 0.25) is 0 Å². The molecule has 0 radical (unpaired) electrons. The molecule has 0 saturated carbocycles. The molecule has 0 bridgehead atoms. The van der Waals surface area contributed by atoms with Gasteiger partial charge >= 0.3 is 5.97 Å². The van der Waals surface area contributed by atoms with E-state index in [0.29, 0.717) is 12.0 Å². The number of hydrogen-bond donors (Lipinski definition) is 2. The molecule has 1 atom stereocenters. The van der Waals surface area contributed by atoms with Crippen molar-refractivity contribution in [3.8, 4) is 5.75 Å². The first-order valence-corrected chi connectivity index (χ1v) is 6.68. The minimum absolute atomic E-state index is 0.0806. The van der Waals surface area contributed by atoms with Crippen molar-refractivity contribution in [3.05, 3.63) is 29.6 Å². The summed E-state index contributed by atoms with van der Waals surface area (Å²) in [6, 6.07) is 3.28. The minimum atomic E-state index is -1.07. The zero-order chi connectivity index (χ0) is 16.0. The Balaban J connectivity index is 2.67. The van der Waals surface area contributed by atoms with E-state index in [9.17, 15) is 14.0 Å². The molecule has 0 aromatic heterocycles. The summed E-state index contributed by atoms with van der Waals surface area (Å²) < 4.78 is 18.3. The highest BCUT2D eigenvalue weighted by molar-refractivity contribution is 5.84. The normalized spacial score (nSPS) is 12.0. The Hall–Kier alpha value is -2.11. The number of aliphatic carboxylic acids is 1. The van der Waals surface area contributed by atoms with E-state index >= 15 is 0 Å². The number of carboxylic acids is 1. The molecular formula is C15H20FNO4. The van der Waals surface area contributed by atoms with Gasteiger partial charge in [0.05, 0.1) is 13.5 Å². The lowest BCUT2D eigenvalue weighted by atomic mass is 10.0. The summed E-state index contributed by atoms with van der Waals surface area (Å²) in [6.07, 6.45) is 0.265. The summed E-state index contributed by atoms with van der Waals surface area (Å²) >= 11 is 0. The van der Waals surface area contributed by atoms with Crippen LogP contribution < -0.4 is 10.1 Å². The lowest BCUT2D eigenvalue weighted by Gasteiger charge is -2.16. The van der Waals surface area contributed by atoms with Crippen LogP contribution in [-0.4, -0.2) is 30.1 Å². The van der Waals surface area contributed by atoms with Crippen molar-refractivity contribution in [2.75, 3.05) is 7.11 Å². The van der Waals surface area contributed by atoms with Crippen molar-refractivity contribution in [1.82, 2.24) is 5.32 Å². The predicted octanol–water partition coefficient (Wildman–Crippen LogP) is 1.99. The molecule has 6 heteroatoms. The summed E-state index contributed by atoms with van der Waals surface area (Å²) in [7, 11) is 1.36. The van der Waals surface area contributed by atoms with E-state index in [4.69, 9.17) is 9.84 Å². The van der Waals surface area contributed by atoms with Crippen LogP contribution >= 0.6 is 0 Å². The maximum absolute atomic E-state index is 13.5. The van der Waals surface area contributed by atoms with Crippen LogP contribution in [0.25, 0.3) is 0 Å². The molecule has 0 aliphatic carbocycles. The zero-order valence-corrected chi connectivity index (χ0v) is 12.4. The standard InChI is InChI=1S/C15H20FNO4/c1-9(2)6-12(15(19)20)17-14(18)8-10-4-5-13(21-3)11(16)7-10/h4-5,7,9,12H,6,8H2,1-3H3,(H,17,18)(H,19,20)/t12-/m0/s1. The maximum Gasteiger partial charge on any atom is 0.326 e. The molecule has 0 saturated heterocycles. The molecule has 0 spiro atoms. The second-order valence-corrected chi connectivity index (χ2v) is 5.23. The largest absolute Gasteiger partial charge is 0.494 e. The molecule has 1 amide bonds. The van der Waals surface area contributed by atoms with Gasteiger partial charge in [0, 0.05) is 0 Å². The van der Waals surface area contributed by atoms with Crippen LogP contribution in [0.15, 0.2) is 18.2 Å². The van der Waals surface area contributed by atoms with E-state index in [0.717, 1.165) is 0 Å². The van der Waals surface area contributed by atoms with Crippen LogP contribution in [0.4, 0.5) is 4.39 Å². The first-order chi connectivity index (χ1) is 9.83. The fraction of sp³-hybridized carbons (Fsp3) is 0.467. The van der Waals surface area contributed by atoms with Crippen molar-refractivity contribution in [2.24, 2.45) is 5.92 Å². The van der Waals surface area contributed by atoms with Crippen LogP contribution in [0.3, 0.4) is 0 Å². The van der Waals surface area contributed by atoms with E-state index in [1.54, 1.807) is 6.07 Å². The fourth-order valence-corrected chi connectivity index (χ4v) is 1.94. The van der Waals surface area contributed by atoms with Crippen LogP contribution in [0.1, 0.15) is 25.8 Å². The highest BCUT2D eigenvalue weighted by atomic mass is 19.1. The molecule has 21 heavy (non-hydrogen) atoms. The molecule has 0 unspecified atom stereocenters. The van der Waals surface area contributed by atoms with Crippen molar-refractivity contribution >= 4 is 11.9 Å². The quantitative estimate of drug-likeness (QED) is 0.807. The Labute approximate surface area is 123 Å². The van der Waals surface area contributed by atoms with Gasteiger partial charge in [0.1, 0.15) is 6.04 Å². The van der Waals surface area contributed by atoms with Gasteiger partial charge in [-0.3, -0.25) is 4.79 Å². The number of rotatable bonds is 7. The molecule has 1 aromatic carbocycles. The fourth-order valence-electron chi connectivity index (χ4n) is 1.94. The Bertz CT molecular complexity index is 516. The van der Waals surface area contributed by atoms with Crippen LogP contribution in [-0.2, 0) is 16.0 Å². The molecule has 5 nitrogen and oxygen atoms in total. The number of ether oxygens (including phenoxy) is 1. The van der Waals surface area contributed by atoms with E-state index in [1.165, 1.54) is 19.2 Å². The van der Waals surface area contributed by atoms with E-state index in [2.05, 4.69) is 5.32 Å². The topological polar surface area (TPSA) is 75.6 Å². The first kappa shape index (κ1) is 16.9. The molecule has 116 valence electrons. The van der Waals surface area contributed by atoms with Gasteiger partial charge in [-0.2, -0.15) is 0 Å². The molecule has 0 heterocycles. The first-order valence-electron chi connectivity index (χ1n) is 6.68. The zero-order valence-electron chi connectivity index (χ0n) is 12.4. The second kappa shape index (κ2) is 7.61. The second-order valence-electron chi connectivity index (χ2n) is 5.23. The van der Waals surface area contributed by atoms with Crippen molar-refractivity contribution in [1.29, 1.82) is 0 Å². The van der Waals surface area contributed by atoms with Gasteiger partial charge in [0.2, 0.25) is 5.91 Å². The predicted molar refractivity (Wildman–Crippen MR) is 75.7 cm³/mol. The number of nitrogens with one attached hydrogen (secondary N) is 1. The van der Waals surface area contributed by atoms with Gasteiger partial charge in [0.15, 0.2) is 11.6 Å². The number of halogens is 1. The van der Waals surface area contributed by atoms with Crippen LogP contribution in [0, 0.1) is 11.7 Å². The van der Waals surface area contributed by atoms with Gasteiger partial charge in [-0.05, 0) is 30.0 Å². The van der Waals surface area contributed by atoms with E-state index in [-0.39, 0.29) is 18.1 Å². The Morgan fingerprint density at radius 1 is 1.38 bits per heavy atom. The monoisotopic (exact) mass is 297 g/mol. The summed E-state index contributed by atoms with van der Waals surface area (Å²) in [4.78, 5) is 22.9. The molecule has 1 aromatic rings. The number of carbonyl (C=O) groups is 2. The summed E-state index contributed by atoms with van der Waals surface area (Å²) in [5, 5.41) is 11.5. The Kier molecular flexibility index (Phi) is 6.14. The molecule has 1 rings (SSSR count). The average molecular weight is 297 g/mol. The Morgan fingerprint density at radius 3 is 2.52 bits per heavy atom. The third kappa shape index (κ3) is 5.41. The van der Waals surface area contributed by atoms with Gasteiger partial charge in [-0.15, -0.1) is 0 Å². The highest BCUT2D eigenvalue weighted by Gasteiger charge is 2.21. The smallest absolute Gasteiger partial charge is 0.326 e. The summed E-state index contributed by atoms with van der Waals surface area (Å²) in [6.45, 7) is 3.75. The van der Waals surface area contributed by atoms with E-state index in [1.807, 2.05) is 13.8 Å². The van der Waals surface area contributed by atoms with Gasteiger partial charge in [0.25, 0.3) is 0 Å². The van der Waals surface area contributed by atoms with Crippen LogP contribution in [0.5, 0.6) is 5.75 Å². The summed E-state index contributed by atoms with van der Waals surface area (Å²) in [5.74, 6) is -1.84. The lowest BCUT2D eigenvalue weighted by molar-refractivity contribution is -0.142. The third-order valence-electron chi connectivity index (χ3n) is 2.92. The van der Waals surface area contributed by atoms with Crippen molar-refractivity contribution in [2.45, 2.75) is 32.7 Å². The van der Waals surface area contributed by atoms with Gasteiger partial charge in [-0.25, -0.2) is 9.18 Å². The SMILES string of the molecule is COc1ccc(CC(=O)N[C@@H](CC(C)C)C(=O)O)cc1F. The molecule has 0 aliphatic rings. The molecule has 0 fully saturated rings. The number of carbonyl (C=O) groups excluding carboxylic acids is 1. The number of methoxy groups -OCH3 is 1. The van der Waals surface area contributed by atoms with Crippen molar-refractivity contribution in [3.63, 3.8) is 0 Å². The van der Waals surface area contributed by atoms with Gasteiger partial charge < -0.3 is 15.2 Å². The van der Waals surface area contributed by atoms with E-state index < -0.39 is 23.7 Å². The van der Waals surface area contributed by atoms with Crippen molar-refractivity contribution < 1.29 is 23.8 Å². The third-order valence-corrected chi connectivity index (χ3v) is 2.92. The number of hydrogen-bond acceptors (Lipinski definition) is 3. The molecule has 0 aliphatic heterocycles. The average Bonchev–Trinajstić information content (AvgIpc) is 2.37. The number of carboxylic acid groups (broad SMARTS) is 1.